The summed E-state index contributed by atoms with van der Waals surface area (Å²) in [6, 6.07) is 12.5. The van der Waals surface area contributed by atoms with Crippen molar-refractivity contribution in [3.63, 3.8) is 0 Å². The van der Waals surface area contributed by atoms with E-state index in [1.165, 1.54) is 24.3 Å². The van der Waals surface area contributed by atoms with Crippen LogP contribution in [0.1, 0.15) is 19.4 Å². The van der Waals surface area contributed by atoms with Crippen LogP contribution in [0.5, 0.6) is 0 Å². The van der Waals surface area contributed by atoms with Crippen molar-refractivity contribution in [2.75, 3.05) is 32.5 Å². The fourth-order valence-corrected chi connectivity index (χ4v) is 3.34. The number of hydrogen-bond acceptors (Lipinski definition) is 3. The topological polar surface area (TPSA) is 30.9 Å². The maximum atomic E-state index is 13.3. The van der Waals surface area contributed by atoms with Gasteiger partial charge in [-0.05, 0) is 68.9 Å². The Morgan fingerprint density at radius 1 is 1.00 bits per heavy atom. The molecule has 1 fully saturated rings. The molecular formula is C22H26F2N4. The van der Waals surface area contributed by atoms with E-state index in [1.54, 1.807) is 31.3 Å². The lowest BCUT2D eigenvalue weighted by atomic mass is 9.97. The van der Waals surface area contributed by atoms with E-state index in [0.29, 0.717) is 0 Å². The van der Waals surface area contributed by atoms with Gasteiger partial charge in [0.2, 0.25) is 0 Å². The van der Waals surface area contributed by atoms with Crippen LogP contribution in [0, 0.1) is 11.6 Å². The number of hydrogen-bond donors (Lipinski definition) is 1. The van der Waals surface area contributed by atoms with Gasteiger partial charge in [0.05, 0.1) is 5.54 Å². The largest absolute Gasteiger partial charge is 0.342 e. The maximum absolute atomic E-state index is 13.3. The van der Waals surface area contributed by atoms with Gasteiger partial charge in [0.1, 0.15) is 23.3 Å². The zero-order chi connectivity index (χ0) is 20.3. The first kappa shape index (κ1) is 20.0. The standard InChI is InChI=1S/C22H26F2N4/c1-22(2)21(25-3)28(14-13-27(22)4)20(15-16-5-7-17(23)8-6-16)26-19-11-9-18(24)10-12-19/h5-12,15,26H,13-14H2,1-4H3/b20-15+,25-21?. The fraction of sp³-hybridized carbons (Fsp3) is 0.318. The first-order valence-electron chi connectivity index (χ1n) is 9.27. The van der Waals surface area contributed by atoms with Gasteiger partial charge in [-0.1, -0.05) is 12.1 Å². The van der Waals surface area contributed by atoms with E-state index < -0.39 is 0 Å². The van der Waals surface area contributed by atoms with E-state index in [2.05, 4.69) is 41.0 Å². The molecule has 148 valence electrons. The number of halogens is 2. The van der Waals surface area contributed by atoms with E-state index in [-0.39, 0.29) is 17.2 Å². The summed E-state index contributed by atoms with van der Waals surface area (Å²) in [4.78, 5) is 8.96. The van der Waals surface area contributed by atoms with Crippen molar-refractivity contribution in [1.29, 1.82) is 0 Å². The average molecular weight is 384 g/mol. The van der Waals surface area contributed by atoms with Gasteiger partial charge in [-0.15, -0.1) is 0 Å². The summed E-state index contributed by atoms with van der Waals surface area (Å²) >= 11 is 0. The normalized spacial score (nSPS) is 19.1. The van der Waals surface area contributed by atoms with Crippen molar-refractivity contribution in [2.45, 2.75) is 19.4 Å². The molecule has 0 radical (unpaired) electrons. The van der Waals surface area contributed by atoms with Crippen molar-refractivity contribution >= 4 is 17.6 Å². The molecule has 1 heterocycles. The molecule has 0 amide bonds. The molecule has 4 nitrogen and oxygen atoms in total. The number of rotatable bonds is 4. The van der Waals surface area contributed by atoms with E-state index in [4.69, 9.17) is 0 Å². The first-order valence-corrected chi connectivity index (χ1v) is 9.27. The number of piperazine rings is 1. The molecule has 1 saturated heterocycles. The smallest absolute Gasteiger partial charge is 0.124 e. The van der Waals surface area contributed by atoms with Gasteiger partial charge < -0.3 is 10.2 Å². The second-order valence-corrected chi connectivity index (χ2v) is 7.39. The van der Waals surface area contributed by atoms with Gasteiger partial charge in [0.25, 0.3) is 0 Å². The number of likely N-dealkylation sites (N-methyl/N-ethyl adjacent to an activating group) is 1. The quantitative estimate of drug-likeness (QED) is 0.846. The lowest BCUT2D eigenvalue weighted by Crippen LogP contribution is -2.61. The lowest BCUT2D eigenvalue weighted by Gasteiger charge is -2.47. The molecule has 0 aliphatic carbocycles. The van der Waals surface area contributed by atoms with Crippen LogP contribution in [0.3, 0.4) is 0 Å². The van der Waals surface area contributed by atoms with Crippen molar-refractivity contribution in [2.24, 2.45) is 4.99 Å². The Hall–Kier alpha value is -2.73. The molecule has 0 atom stereocenters. The monoisotopic (exact) mass is 384 g/mol. The number of anilines is 1. The molecular weight excluding hydrogens is 358 g/mol. The number of nitrogens with one attached hydrogen (secondary N) is 1. The van der Waals surface area contributed by atoms with Gasteiger partial charge in [-0.2, -0.15) is 0 Å². The number of aliphatic imine (C=N–C) groups is 1. The molecule has 0 unspecified atom stereocenters. The van der Waals surface area contributed by atoms with Gasteiger partial charge in [-0.25, -0.2) is 8.78 Å². The van der Waals surface area contributed by atoms with E-state index in [1.807, 2.05) is 6.08 Å². The van der Waals surface area contributed by atoms with Crippen molar-refractivity contribution < 1.29 is 8.78 Å². The highest BCUT2D eigenvalue weighted by Crippen LogP contribution is 2.27. The van der Waals surface area contributed by atoms with Crippen molar-refractivity contribution in [3.8, 4) is 0 Å². The molecule has 1 N–H and O–H groups in total. The zero-order valence-electron chi connectivity index (χ0n) is 16.7. The minimum absolute atomic E-state index is 0.251. The fourth-order valence-electron chi connectivity index (χ4n) is 3.34. The summed E-state index contributed by atoms with van der Waals surface area (Å²) in [5, 5.41) is 3.38. The third kappa shape index (κ3) is 4.22. The Morgan fingerprint density at radius 3 is 2.14 bits per heavy atom. The van der Waals surface area contributed by atoms with Crippen molar-refractivity contribution in [1.82, 2.24) is 9.80 Å². The average Bonchev–Trinajstić information content (AvgIpc) is 2.66. The Bertz CT molecular complexity index is 870. The Morgan fingerprint density at radius 2 is 1.57 bits per heavy atom. The van der Waals surface area contributed by atoms with Crippen LogP contribution in [0.2, 0.25) is 0 Å². The Kier molecular flexibility index (Phi) is 5.79. The molecule has 6 heteroatoms. The van der Waals surface area contributed by atoms with E-state index >= 15 is 0 Å². The lowest BCUT2D eigenvalue weighted by molar-refractivity contribution is 0.164. The third-order valence-corrected chi connectivity index (χ3v) is 5.21. The number of amidine groups is 1. The molecule has 0 saturated carbocycles. The van der Waals surface area contributed by atoms with Crippen LogP contribution in [-0.2, 0) is 0 Å². The summed E-state index contributed by atoms with van der Waals surface area (Å²) < 4.78 is 26.6. The zero-order valence-corrected chi connectivity index (χ0v) is 16.7. The number of nitrogens with zero attached hydrogens (tertiary/aromatic N) is 3. The maximum Gasteiger partial charge on any atom is 0.124 e. The molecule has 1 aliphatic heterocycles. The number of benzene rings is 2. The van der Waals surface area contributed by atoms with Gasteiger partial charge in [-0.3, -0.25) is 9.89 Å². The minimum Gasteiger partial charge on any atom is -0.342 e. The van der Waals surface area contributed by atoms with Gasteiger partial charge in [0, 0.05) is 25.8 Å². The van der Waals surface area contributed by atoms with Crippen LogP contribution < -0.4 is 5.32 Å². The molecule has 0 aromatic heterocycles. The highest BCUT2D eigenvalue weighted by atomic mass is 19.1. The second-order valence-electron chi connectivity index (χ2n) is 7.39. The molecule has 1 aliphatic rings. The molecule has 0 bridgehead atoms. The molecule has 2 aromatic rings. The van der Waals surface area contributed by atoms with Crippen LogP contribution in [0.25, 0.3) is 6.08 Å². The Balaban J connectivity index is 2.02. The van der Waals surface area contributed by atoms with Crippen LogP contribution in [0.15, 0.2) is 59.3 Å². The second kappa shape index (κ2) is 8.10. The highest BCUT2D eigenvalue weighted by molar-refractivity contribution is 5.94. The summed E-state index contributed by atoms with van der Waals surface area (Å²) in [7, 11) is 3.87. The third-order valence-electron chi connectivity index (χ3n) is 5.21. The predicted molar refractivity (Wildman–Crippen MR) is 111 cm³/mol. The molecule has 3 rings (SSSR count). The van der Waals surface area contributed by atoms with Gasteiger partial charge >= 0.3 is 0 Å². The molecule has 2 aromatic carbocycles. The van der Waals surface area contributed by atoms with Crippen molar-refractivity contribution in [3.05, 3.63) is 71.5 Å². The minimum atomic E-state index is -0.286. The summed E-state index contributed by atoms with van der Waals surface area (Å²) in [6.45, 7) is 5.87. The van der Waals surface area contributed by atoms with E-state index in [9.17, 15) is 8.78 Å². The summed E-state index contributed by atoms with van der Waals surface area (Å²) in [5.41, 5.74) is 1.37. The van der Waals surface area contributed by atoms with Crippen LogP contribution in [-0.4, -0.2) is 48.4 Å². The summed E-state index contributed by atoms with van der Waals surface area (Å²) in [5.74, 6) is 1.16. The van der Waals surface area contributed by atoms with Crippen LogP contribution >= 0.6 is 0 Å². The van der Waals surface area contributed by atoms with E-state index in [0.717, 1.165) is 36.0 Å². The predicted octanol–water partition coefficient (Wildman–Crippen LogP) is 4.43. The highest BCUT2D eigenvalue weighted by Gasteiger charge is 2.38. The Labute approximate surface area is 165 Å². The van der Waals surface area contributed by atoms with Gasteiger partial charge in [0.15, 0.2) is 0 Å². The first-order chi connectivity index (χ1) is 13.3. The molecule has 0 spiro atoms. The van der Waals surface area contributed by atoms with Crippen LogP contribution in [0.4, 0.5) is 14.5 Å². The summed E-state index contributed by atoms with van der Waals surface area (Å²) in [6.07, 6.45) is 1.95. The SMILES string of the molecule is CN=C1N(/C(=C/c2ccc(F)cc2)Nc2ccc(F)cc2)CCN(C)C1(C)C. The molecule has 28 heavy (non-hydrogen) atoms.